The van der Waals surface area contributed by atoms with Crippen molar-refractivity contribution in [1.29, 1.82) is 0 Å². The Labute approximate surface area is 157 Å². The number of amides is 2. The number of carbonyl (C=O) groups is 3. The van der Waals surface area contributed by atoms with E-state index in [2.05, 4.69) is 15.3 Å². The van der Waals surface area contributed by atoms with Crippen molar-refractivity contribution in [3.8, 4) is 0 Å². The summed E-state index contributed by atoms with van der Waals surface area (Å²) >= 11 is 2.59. The fraction of sp³-hybridized carbons (Fsp3) is 0.400. The first-order valence-electron chi connectivity index (χ1n) is 7.88. The molecular weight excluding hydrogens is 378 g/mol. The molecule has 2 aliphatic heterocycles. The van der Waals surface area contributed by atoms with Gasteiger partial charge in [0.15, 0.2) is 5.13 Å². The highest BCUT2D eigenvalue weighted by molar-refractivity contribution is 8.00. The smallest absolute Gasteiger partial charge is 0.352 e. The first-order chi connectivity index (χ1) is 12.4. The van der Waals surface area contributed by atoms with Crippen LogP contribution in [0.5, 0.6) is 0 Å². The van der Waals surface area contributed by atoms with Crippen molar-refractivity contribution in [2.75, 3.05) is 18.0 Å². The molecule has 138 valence electrons. The fourth-order valence-electron chi connectivity index (χ4n) is 2.64. The lowest BCUT2D eigenvalue weighted by Crippen LogP contribution is -2.70. The molecule has 9 nitrogen and oxygen atoms in total. The molecule has 3 heterocycles. The van der Waals surface area contributed by atoms with Crippen molar-refractivity contribution in [3.63, 3.8) is 0 Å². The second kappa shape index (κ2) is 7.46. The minimum absolute atomic E-state index is 0.0450. The van der Waals surface area contributed by atoms with Crippen LogP contribution in [0.3, 0.4) is 0 Å². The maximum atomic E-state index is 12.7. The van der Waals surface area contributed by atoms with Crippen molar-refractivity contribution in [2.45, 2.75) is 24.8 Å². The number of carboxylic acids is 1. The first-order valence-corrected chi connectivity index (χ1v) is 9.81. The zero-order valence-electron chi connectivity index (χ0n) is 13.8. The van der Waals surface area contributed by atoms with E-state index in [4.69, 9.17) is 5.73 Å². The van der Waals surface area contributed by atoms with Gasteiger partial charge in [-0.1, -0.05) is 6.92 Å². The van der Waals surface area contributed by atoms with E-state index < -0.39 is 29.2 Å². The van der Waals surface area contributed by atoms with Crippen molar-refractivity contribution in [1.82, 2.24) is 15.2 Å². The van der Waals surface area contributed by atoms with Crippen molar-refractivity contribution >= 4 is 51.7 Å². The van der Waals surface area contributed by atoms with Crippen LogP contribution in [-0.4, -0.2) is 62.2 Å². The van der Waals surface area contributed by atoms with E-state index in [1.54, 1.807) is 5.38 Å². The van der Waals surface area contributed by atoms with E-state index in [9.17, 15) is 19.5 Å². The van der Waals surface area contributed by atoms with Gasteiger partial charge < -0.3 is 16.2 Å². The highest BCUT2D eigenvalue weighted by Gasteiger charge is 2.53. The highest BCUT2D eigenvalue weighted by Crippen LogP contribution is 2.37. The number of nitrogens with one attached hydrogen (secondary N) is 1. The number of β-lactam (4-membered cyclic amide) rings is 1. The molecule has 0 radical (unpaired) electrons. The van der Waals surface area contributed by atoms with Gasteiger partial charge in [0.25, 0.3) is 11.8 Å². The number of thioether (sulfide) groups is 1. The van der Waals surface area contributed by atoms with Gasteiger partial charge in [0.2, 0.25) is 0 Å². The largest absolute Gasteiger partial charge is 0.477 e. The van der Waals surface area contributed by atoms with E-state index in [1.807, 2.05) is 6.92 Å². The Morgan fingerprint density at radius 3 is 2.92 bits per heavy atom. The molecule has 1 aromatic rings. The maximum Gasteiger partial charge on any atom is 0.352 e. The molecule has 2 amide bonds. The number of hydrogen-bond donors (Lipinski definition) is 3. The average Bonchev–Trinajstić information content (AvgIpc) is 3.05. The number of anilines is 1. The number of fused-ring (bicyclic) bond motifs is 1. The summed E-state index contributed by atoms with van der Waals surface area (Å²) in [7, 11) is 0. The third-order valence-electron chi connectivity index (χ3n) is 3.83. The van der Waals surface area contributed by atoms with Crippen molar-refractivity contribution < 1.29 is 19.5 Å². The van der Waals surface area contributed by atoms with Crippen LogP contribution >= 0.6 is 23.1 Å². The molecule has 26 heavy (non-hydrogen) atoms. The number of nitrogens with two attached hydrogens (primary N) is 1. The molecule has 1 aromatic heterocycles. The molecule has 0 unspecified atom stereocenters. The van der Waals surface area contributed by atoms with Crippen LogP contribution in [0, 0.1) is 0 Å². The van der Waals surface area contributed by atoms with E-state index >= 15 is 0 Å². The Morgan fingerprint density at radius 2 is 2.31 bits per heavy atom. The van der Waals surface area contributed by atoms with E-state index in [1.165, 1.54) is 34.1 Å². The van der Waals surface area contributed by atoms with Crippen LogP contribution in [0.2, 0.25) is 0 Å². The molecule has 2 aliphatic rings. The van der Waals surface area contributed by atoms with Gasteiger partial charge in [-0.05, 0) is 12.5 Å². The summed E-state index contributed by atoms with van der Waals surface area (Å²) < 4.78 is 0. The Hall–Kier alpha value is -2.40. The van der Waals surface area contributed by atoms with Crippen molar-refractivity contribution in [3.05, 3.63) is 22.8 Å². The van der Waals surface area contributed by atoms with Crippen LogP contribution in [0.4, 0.5) is 5.13 Å². The number of aromatic nitrogens is 1. The molecule has 0 aromatic carbocycles. The molecule has 2 atom stereocenters. The average molecular weight is 395 g/mol. The maximum absolute atomic E-state index is 12.7. The monoisotopic (exact) mass is 395 g/mol. The van der Waals surface area contributed by atoms with E-state index in [0.717, 1.165) is 6.42 Å². The first kappa shape index (κ1) is 18.4. The Bertz CT molecular complexity index is 819. The van der Waals surface area contributed by atoms with Gasteiger partial charge in [-0.2, -0.15) is 0 Å². The summed E-state index contributed by atoms with van der Waals surface area (Å²) in [5.74, 6) is -1.66. The molecule has 1 fully saturated rings. The Kier molecular flexibility index (Phi) is 5.28. The number of rotatable bonds is 6. The molecular formula is C15H17N5O4S2. The van der Waals surface area contributed by atoms with Crippen LogP contribution in [0.1, 0.15) is 19.0 Å². The number of nitrogen functional groups attached to an aromatic ring is 1. The topological polar surface area (TPSA) is 138 Å². The predicted molar refractivity (Wildman–Crippen MR) is 99.0 cm³/mol. The molecule has 0 spiro atoms. The van der Waals surface area contributed by atoms with Crippen LogP contribution in [0.15, 0.2) is 22.1 Å². The number of carbonyl (C=O) groups excluding carboxylic acids is 2. The number of aliphatic carboxylic acids is 1. The Morgan fingerprint density at radius 1 is 1.54 bits per heavy atom. The fourth-order valence-corrected chi connectivity index (χ4v) is 4.38. The molecule has 4 N–H and O–H groups in total. The van der Waals surface area contributed by atoms with Gasteiger partial charge in [0.05, 0.1) is 0 Å². The van der Waals surface area contributed by atoms with Gasteiger partial charge >= 0.3 is 5.97 Å². The van der Waals surface area contributed by atoms with E-state index in [0.29, 0.717) is 23.1 Å². The summed E-state index contributed by atoms with van der Waals surface area (Å²) in [5, 5.41) is 13.4. The van der Waals surface area contributed by atoms with Gasteiger partial charge in [-0.15, -0.1) is 23.1 Å². The predicted octanol–water partition coefficient (Wildman–Crippen LogP) is 0.293. The SMILES string of the molecule is CCCN=C(C(=O)N[C@@H]1C(=O)N2C(C(=O)O)=CCS[C@H]12)c1csc(N)n1. The molecule has 0 bridgehead atoms. The highest BCUT2D eigenvalue weighted by atomic mass is 32.2. The summed E-state index contributed by atoms with van der Waals surface area (Å²) in [6, 6.07) is -0.793. The second-order valence-electron chi connectivity index (χ2n) is 5.58. The molecule has 0 saturated carbocycles. The minimum atomic E-state index is -1.16. The Balaban J connectivity index is 1.76. The summed E-state index contributed by atoms with van der Waals surface area (Å²) in [4.78, 5) is 45.8. The lowest BCUT2D eigenvalue weighted by Gasteiger charge is -2.48. The normalized spacial score (nSPS) is 22.3. The molecule has 1 saturated heterocycles. The van der Waals surface area contributed by atoms with Crippen LogP contribution in [0.25, 0.3) is 0 Å². The third kappa shape index (κ3) is 3.31. The molecule has 0 aliphatic carbocycles. The molecule has 11 heteroatoms. The van der Waals surface area contributed by atoms with Gasteiger partial charge in [-0.3, -0.25) is 19.5 Å². The zero-order valence-corrected chi connectivity index (χ0v) is 15.5. The zero-order chi connectivity index (χ0) is 18.8. The minimum Gasteiger partial charge on any atom is -0.477 e. The quantitative estimate of drug-likeness (QED) is 0.465. The lowest BCUT2D eigenvalue weighted by atomic mass is 10.0. The third-order valence-corrected chi connectivity index (χ3v) is 5.68. The lowest BCUT2D eigenvalue weighted by molar-refractivity contribution is -0.150. The number of aliphatic imine (C=N–C) groups is 1. The number of carboxylic acid groups (broad SMARTS) is 1. The number of nitrogens with zero attached hydrogens (tertiary/aromatic N) is 3. The number of hydrogen-bond acceptors (Lipinski definition) is 8. The molecule has 3 rings (SSSR count). The van der Waals surface area contributed by atoms with Gasteiger partial charge in [-0.25, -0.2) is 9.78 Å². The number of thiazole rings is 1. The van der Waals surface area contributed by atoms with Gasteiger partial charge in [0, 0.05) is 17.7 Å². The van der Waals surface area contributed by atoms with Crippen molar-refractivity contribution in [2.24, 2.45) is 4.99 Å². The van der Waals surface area contributed by atoms with Crippen LogP contribution < -0.4 is 11.1 Å². The summed E-state index contributed by atoms with van der Waals surface area (Å²) in [5.41, 5.74) is 6.08. The second-order valence-corrected chi connectivity index (χ2v) is 7.62. The summed E-state index contributed by atoms with van der Waals surface area (Å²) in [6.07, 6.45) is 2.24. The van der Waals surface area contributed by atoms with E-state index in [-0.39, 0.29) is 11.4 Å². The standard InChI is InChI=1S/C15H17N5O4S2/c1-2-4-17-9(7-6-26-15(16)18-7)11(21)19-10-12(22)20-8(14(23)24)3-5-25-13(10)20/h3,6,10,13H,2,4-5H2,1H3,(H2,16,18)(H,19,21)(H,23,24)/t10-,13-/m1/s1. The summed E-state index contributed by atoms with van der Waals surface area (Å²) in [6.45, 7) is 2.37. The van der Waals surface area contributed by atoms with Gasteiger partial charge in [0.1, 0.15) is 28.5 Å². The van der Waals surface area contributed by atoms with Crippen LogP contribution in [-0.2, 0) is 14.4 Å².